The van der Waals surface area contributed by atoms with Gasteiger partial charge in [0.05, 0.1) is 23.0 Å². The quantitative estimate of drug-likeness (QED) is 0.549. The summed E-state index contributed by atoms with van der Waals surface area (Å²) in [4.78, 5) is 30.5. The van der Waals surface area contributed by atoms with Crippen molar-refractivity contribution in [2.75, 3.05) is 5.32 Å². The fourth-order valence-corrected chi connectivity index (χ4v) is 3.63. The minimum atomic E-state index is -0.195. The van der Waals surface area contributed by atoms with Crippen molar-refractivity contribution in [3.8, 4) is 0 Å². The number of benzene rings is 3. The Morgan fingerprint density at radius 2 is 1.59 bits per heavy atom. The summed E-state index contributed by atoms with van der Waals surface area (Å²) < 4.78 is 1.62. The highest BCUT2D eigenvalue weighted by molar-refractivity contribution is 6.34. The molecule has 1 amide bonds. The molecule has 0 atom stereocenters. The molecule has 1 aliphatic rings. The van der Waals surface area contributed by atoms with Crippen molar-refractivity contribution < 1.29 is 4.79 Å². The monoisotopic (exact) mass is 379 g/mol. The van der Waals surface area contributed by atoms with Gasteiger partial charge in [-0.2, -0.15) is 0 Å². The molecule has 1 aliphatic heterocycles. The van der Waals surface area contributed by atoms with Crippen LogP contribution in [-0.4, -0.2) is 15.5 Å². The van der Waals surface area contributed by atoms with E-state index in [1.54, 1.807) is 16.7 Å². The molecule has 5 rings (SSSR count). The van der Waals surface area contributed by atoms with Crippen LogP contribution in [0.15, 0.2) is 83.7 Å². The van der Waals surface area contributed by atoms with E-state index in [0.29, 0.717) is 28.8 Å². The maximum absolute atomic E-state index is 13.2. The number of rotatable bonds is 3. The van der Waals surface area contributed by atoms with E-state index >= 15 is 0 Å². The molecular weight excluding hydrogens is 362 g/mol. The SMILES string of the molecule is O=C1Nc2ccccc2C1=Cc1nc2ccccc2c(=O)n1Cc1ccccc1. The van der Waals surface area contributed by atoms with Crippen molar-refractivity contribution in [1.82, 2.24) is 9.55 Å². The molecule has 3 aromatic carbocycles. The number of aromatic nitrogens is 2. The fraction of sp³-hybridized carbons (Fsp3) is 0.0417. The topological polar surface area (TPSA) is 64.0 Å². The van der Waals surface area contributed by atoms with Crippen molar-refractivity contribution in [3.05, 3.63) is 106 Å². The predicted octanol–water partition coefficient (Wildman–Crippen LogP) is 3.94. The molecule has 0 saturated carbocycles. The van der Waals surface area contributed by atoms with Crippen LogP contribution in [0.4, 0.5) is 5.69 Å². The molecule has 0 aliphatic carbocycles. The summed E-state index contributed by atoms with van der Waals surface area (Å²) in [7, 11) is 0. The van der Waals surface area contributed by atoms with Crippen LogP contribution in [0.2, 0.25) is 0 Å². The number of fused-ring (bicyclic) bond motifs is 2. The maximum atomic E-state index is 13.2. The molecule has 140 valence electrons. The molecule has 0 radical (unpaired) electrons. The number of nitrogens with one attached hydrogen (secondary N) is 1. The lowest BCUT2D eigenvalue weighted by molar-refractivity contribution is -0.110. The lowest BCUT2D eigenvalue weighted by atomic mass is 10.1. The van der Waals surface area contributed by atoms with Gasteiger partial charge in [-0.25, -0.2) is 4.98 Å². The standard InChI is InChI=1S/C24H17N3O2/c28-23-19(17-10-4-6-12-20(17)26-23)14-22-25-21-13-7-5-11-18(21)24(29)27(22)15-16-8-2-1-3-9-16/h1-14H,15H2,(H,26,28). The van der Waals surface area contributed by atoms with Crippen LogP contribution in [0.1, 0.15) is 17.0 Å². The number of hydrogen-bond acceptors (Lipinski definition) is 3. The van der Waals surface area contributed by atoms with Crippen LogP contribution < -0.4 is 10.9 Å². The second-order valence-electron chi connectivity index (χ2n) is 6.92. The van der Waals surface area contributed by atoms with E-state index in [-0.39, 0.29) is 11.5 Å². The number of para-hydroxylation sites is 2. The summed E-state index contributed by atoms with van der Waals surface area (Å²) >= 11 is 0. The van der Waals surface area contributed by atoms with Gasteiger partial charge in [-0.05, 0) is 29.8 Å². The first-order valence-corrected chi connectivity index (χ1v) is 9.37. The summed E-state index contributed by atoms with van der Waals surface area (Å²) in [5.41, 5.74) is 3.55. The first-order valence-electron chi connectivity index (χ1n) is 9.37. The third kappa shape index (κ3) is 3.02. The number of anilines is 1. The second kappa shape index (κ2) is 6.87. The average molecular weight is 379 g/mol. The predicted molar refractivity (Wildman–Crippen MR) is 114 cm³/mol. The van der Waals surface area contributed by atoms with Gasteiger partial charge in [0.1, 0.15) is 5.82 Å². The maximum Gasteiger partial charge on any atom is 0.261 e. The minimum Gasteiger partial charge on any atom is -0.321 e. The Morgan fingerprint density at radius 3 is 2.45 bits per heavy atom. The summed E-state index contributed by atoms with van der Waals surface area (Å²) in [6.45, 7) is 0.375. The lowest BCUT2D eigenvalue weighted by Crippen LogP contribution is -2.24. The van der Waals surface area contributed by atoms with Crippen molar-refractivity contribution in [3.63, 3.8) is 0 Å². The van der Waals surface area contributed by atoms with Crippen LogP contribution in [0.5, 0.6) is 0 Å². The van der Waals surface area contributed by atoms with E-state index in [0.717, 1.165) is 16.8 Å². The van der Waals surface area contributed by atoms with Gasteiger partial charge in [0.15, 0.2) is 0 Å². The zero-order valence-corrected chi connectivity index (χ0v) is 15.5. The van der Waals surface area contributed by atoms with Gasteiger partial charge in [0.25, 0.3) is 11.5 Å². The summed E-state index contributed by atoms with van der Waals surface area (Å²) in [5, 5.41) is 3.42. The van der Waals surface area contributed by atoms with E-state index < -0.39 is 0 Å². The molecular formula is C24H17N3O2. The Kier molecular flexibility index (Phi) is 4.06. The fourth-order valence-electron chi connectivity index (χ4n) is 3.63. The lowest BCUT2D eigenvalue weighted by Gasteiger charge is -2.12. The van der Waals surface area contributed by atoms with Crippen molar-refractivity contribution in [2.24, 2.45) is 0 Å². The normalized spacial score (nSPS) is 14.2. The first-order chi connectivity index (χ1) is 14.2. The Bertz CT molecular complexity index is 1340. The number of carbonyl (C=O) groups is 1. The molecule has 4 aromatic rings. The number of amides is 1. The summed E-state index contributed by atoms with van der Waals surface area (Å²) in [5.74, 6) is 0.263. The Labute approximate surface area is 167 Å². The summed E-state index contributed by atoms with van der Waals surface area (Å²) in [6, 6.07) is 24.5. The van der Waals surface area contributed by atoms with E-state index in [9.17, 15) is 9.59 Å². The molecule has 0 saturated heterocycles. The van der Waals surface area contributed by atoms with Crippen LogP contribution in [0.3, 0.4) is 0 Å². The molecule has 0 fully saturated rings. The number of hydrogen-bond donors (Lipinski definition) is 1. The molecule has 5 nitrogen and oxygen atoms in total. The van der Waals surface area contributed by atoms with Crippen molar-refractivity contribution >= 4 is 34.1 Å². The Balaban J connectivity index is 1.74. The van der Waals surface area contributed by atoms with Crippen LogP contribution in [-0.2, 0) is 11.3 Å². The van der Waals surface area contributed by atoms with E-state index in [1.807, 2.05) is 72.8 Å². The third-order valence-corrected chi connectivity index (χ3v) is 5.06. The Hall–Kier alpha value is -3.99. The molecule has 1 N–H and O–H groups in total. The highest BCUT2D eigenvalue weighted by Gasteiger charge is 2.24. The molecule has 0 unspecified atom stereocenters. The molecule has 2 heterocycles. The van der Waals surface area contributed by atoms with Gasteiger partial charge >= 0.3 is 0 Å². The Morgan fingerprint density at radius 1 is 0.862 bits per heavy atom. The van der Waals surface area contributed by atoms with Crippen molar-refractivity contribution in [2.45, 2.75) is 6.54 Å². The van der Waals surface area contributed by atoms with E-state index in [2.05, 4.69) is 5.32 Å². The third-order valence-electron chi connectivity index (χ3n) is 5.06. The molecule has 29 heavy (non-hydrogen) atoms. The highest BCUT2D eigenvalue weighted by atomic mass is 16.2. The van der Waals surface area contributed by atoms with Gasteiger partial charge in [0, 0.05) is 11.3 Å². The van der Waals surface area contributed by atoms with Gasteiger partial charge in [-0.1, -0.05) is 60.7 Å². The highest BCUT2D eigenvalue weighted by Crippen LogP contribution is 2.32. The number of carbonyl (C=O) groups excluding carboxylic acids is 1. The number of nitrogens with zero attached hydrogens (tertiary/aromatic N) is 2. The molecule has 5 heteroatoms. The van der Waals surface area contributed by atoms with Gasteiger partial charge in [-0.15, -0.1) is 0 Å². The van der Waals surface area contributed by atoms with Gasteiger partial charge in [-0.3, -0.25) is 14.2 Å². The molecule has 0 bridgehead atoms. The van der Waals surface area contributed by atoms with Crippen LogP contribution in [0.25, 0.3) is 22.6 Å². The van der Waals surface area contributed by atoms with Crippen LogP contribution >= 0.6 is 0 Å². The molecule has 1 aromatic heterocycles. The van der Waals surface area contributed by atoms with E-state index in [1.165, 1.54) is 0 Å². The van der Waals surface area contributed by atoms with E-state index in [4.69, 9.17) is 4.98 Å². The van der Waals surface area contributed by atoms with Crippen molar-refractivity contribution in [1.29, 1.82) is 0 Å². The largest absolute Gasteiger partial charge is 0.321 e. The first kappa shape index (κ1) is 17.1. The molecule has 0 spiro atoms. The minimum absolute atomic E-state index is 0.127. The smallest absolute Gasteiger partial charge is 0.261 e. The second-order valence-corrected chi connectivity index (χ2v) is 6.92. The average Bonchev–Trinajstić information content (AvgIpc) is 3.07. The van der Waals surface area contributed by atoms with Gasteiger partial charge in [0.2, 0.25) is 0 Å². The van der Waals surface area contributed by atoms with Gasteiger partial charge < -0.3 is 5.32 Å². The van der Waals surface area contributed by atoms with Crippen LogP contribution in [0, 0.1) is 0 Å². The zero-order chi connectivity index (χ0) is 19.8. The zero-order valence-electron chi connectivity index (χ0n) is 15.5. The summed E-state index contributed by atoms with van der Waals surface area (Å²) in [6.07, 6.45) is 1.71.